The molecule has 0 saturated carbocycles. The summed E-state index contributed by atoms with van der Waals surface area (Å²) in [6, 6.07) is 6.22. The number of methoxy groups -OCH3 is 1. The van der Waals surface area contributed by atoms with E-state index in [1.165, 1.54) is 11.1 Å². The van der Waals surface area contributed by atoms with E-state index in [9.17, 15) is 0 Å². The lowest BCUT2D eigenvalue weighted by atomic mass is 9.90. The smallest absolute Gasteiger partial charge is 0.122 e. The summed E-state index contributed by atoms with van der Waals surface area (Å²) in [5.74, 6) is 0.936. The van der Waals surface area contributed by atoms with Crippen molar-refractivity contribution in [3.63, 3.8) is 0 Å². The van der Waals surface area contributed by atoms with Crippen molar-refractivity contribution >= 4 is 0 Å². The van der Waals surface area contributed by atoms with Crippen LogP contribution in [0.2, 0.25) is 0 Å². The van der Waals surface area contributed by atoms with Crippen LogP contribution in [-0.4, -0.2) is 12.6 Å². The average molecular weight is 207 g/mol. The van der Waals surface area contributed by atoms with Crippen molar-refractivity contribution in [1.29, 1.82) is 0 Å². The minimum atomic E-state index is -0.152. The number of rotatable bonds is 4. The maximum absolute atomic E-state index is 6.17. The summed E-state index contributed by atoms with van der Waals surface area (Å²) in [5, 5.41) is 0. The second kappa shape index (κ2) is 4.67. The van der Waals surface area contributed by atoms with Crippen LogP contribution in [0.15, 0.2) is 18.2 Å². The predicted molar refractivity (Wildman–Crippen MR) is 64.3 cm³/mol. The summed E-state index contributed by atoms with van der Waals surface area (Å²) < 4.78 is 5.34. The molecule has 0 spiro atoms. The maximum atomic E-state index is 6.17. The molecule has 0 amide bonds. The van der Waals surface area contributed by atoms with Gasteiger partial charge in [0.1, 0.15) is 5.75 Å². The van der Waals surface area contributed by atoms with Gasteiger partial charge >= 0.3 is 0 Å². The first-order valence-corrected chi connectivity index (χ1v) is 5.41. The Kier molecular flexibility index (Phi) is 3.75. The lowest BCUT2D eigenvalue weighted by Gasteiger charge is -2.24. The van der Waals surface area contributed by atoms with E-state index >= 15 is 0 Å². The number of benzene rings is 1. The highest BCUT2D eigenvalue weighted by molar-refractivity contribution is 5.37. The van der Waals surface area contributed by atoms with Gasteiger partial charge in [0.25, 0.3) is 0 Å². The molecule has 84 valence electrons. The van der Waals surface area contributed by atoms with Gasteiger partial charge in [-0.05, 0) is 38.3 Å². The molecule has 15 heavy (non-hydrogen) atoms. The molecule has 2 nitrogen and oxygen atoms in total. The number of aryl methyl sites for hydroxylation is 1. The zero-order valence-electron chi connectivity index (χ0n) is 10.1. The highest BCUT2D eigenvalue weighted by Gasteiger charge is 2.18. The Labute approximate surface area is 92.4 Å². The van der Waals surface area contributed by atoms with Gasteiger partial charge in [-0.15, -0.1) is 0 Å². The van der Waals surface area contributed by atoms with Gasteiger partial charge in [-0.2, -0.15) is 0 Å². The Hall–Kier alpha value is -1.02. The topological polar surface area (TPSA) is 35.2 Å². The first-order chi connectivity index (χ1) is 6.98. The molecule has 0 aliphatic rings. The molecule has 1 atom stereocenters. The summed E-state index contributed by atoms with van der Waals surface area (Å²) in [6.07, 6.45) is 1.82. The van der Waals surface area contributed by atoms with Crippen molar-refractivity contribution < 1.29 is 4.74 Å². The van der Waals surface area contributed by atoms with Crippen molar-refractivity contribution in [2.75, 3.05) is 7.11 Å². The van der Waals surface area contributed by atoms with Crippen LogP contribution in [-0.2, 0) is 6.42 Å². The Morgan fingerprint density at radius 2 is 2.07 bits per heavy atom. The van der Waals surface area contributed by atoms with E-state index in [0.717, 1.165) is 18.6 Å². The SMILES string of the molecule is CCC(C)(N)Cc1cc(C)ccc1OC. The van der Waals surface area contributed by atoms with Crippen LogP contribution < -0.4 is 10.5 Å². The van der Waals surface area contributed by atoms with Gasteiger partial charge in [-0.25, -0.2) is 0 Å². The highest BCUT2D eigenvalue weighted by atomic mass is 16.5. The molecule has 1 rings (SSSR count). The van der Waals surface area contributed by atoms with Crippen molar-refractivity contribution in [2.45, 2.75) is 39.2 Å². The fraction of sp³-hybridized carbons (Fsp3) is 0.538. The third kappa shape index (κ3) is 3.24. The van der Waals surface area contributed by atoms with Gasteiger partial charge in [0.05, 0.1) is 7.11 Å². The molecule has 1 aromatic carbocycles. The lowest BCUT2D eigenvalue weighted by Crippen LogP contribution is -2.37. The summed E-state index contributed by atoms with van der Waals surface area (Å²) in [6.45, 7) is 6.28. The summed E-state index contributed by atoms with van der Waals surface area (Å²) in [4.78, 5) is 0. The molecule has 2 N–H and O–H groups in total. The molecule has 0 aromatic heterocycles. The van der Waals surface area contributed by atoms with E-state index in [4.69, 9.17) is 10.5 Å². The van der Waals surface area contributed by atoms with E-state index in [0.29, 0.717) is 0 Å². The molecule has 0 heterocycles. The van der Waals surface area contributed by atoms with Gasteiger partial charge in [0, 0.05) is 5.54 Å². The van der Waals surface area contributed by atoms with Crippen molar-refractivity contribution in [3.8, 4) is 5.75 Å². The zero-order valence-corrected chi connectivity index (χ0v) is 10.1. The molecule has 1 aromatic rings. The molecule has 1 unspecified atom stereocenters. The molecule has 0 aliphatic carbocycles. The van der Waals surface area contributed by atoms with Crippen LogP contribution in [0.1, 0.15) is 31.4 Å². The van der Waals surface area contributed by atoms with Crippen LogP contribution in [0.25, 0.3) is 0 Å². The minimum Gasteiger partial charge on any atom is -0.496 e. The van der Waals surface area contributed by atoms with Gasteiger partial charge in [-0.3, -0.25) is 0 Å². The lowest BCUT2D eigenvalue weighted by molar-refractivity contribution is 0.394. The van der Waals surface area contributed by atoms with Gasteiger partial charge in [0.2, 0.25) is 0 Å². The van der Waals surface area contributed by atoms with E-state index in [1.807, 2.05) is 6.07 Å². The third-order valence-electron chi connectivity index (χ3n) is 2.84. The standard InChI is InChI=1S/C13H21NO/c1-5-13(3,14)9-11-8-10(2)6-7-12(11)15-4/h6-8H,5,9,14H2,1-4H3. The number of ether oxygens (including phenoxy) is 1. The molecule has 0 fully saturated rings. The first kappa shape index (κ1) is 12.1. The second-order valence-electron chi connectivity index (χ2n) is 4.50. The molecule has 2 heteroatoms. The van der Waals surface area contributed by atoms with E-state index in [2.05, 4.69) is 32.9 Å². The zero-order chi connectivity index (χ0) is 11.5. The largest absolute Gasteiger partial charge is 0.496 e. The average Bonchev–Trinajstić information content (AvgIpc) is 2.18. The van der Waals surface area contributed by atoms with Crippen molar-refractivity contribution in [3.05, 3.63) is 29.3 Å². The molecular weight excluding hydrogens is 186 g/mol. The normalized spacial score (nSPS) is 14.7. The van der Waals surface area contributed by atoms with E-state index in [-0.39, 0.29) is 5.54 Å². The number of hydrogen-bond donors (Lipinski definition) is 1. The van der Waals surface area contributed by atoms with Gasteiger partial charge in [0.15, 0.2) is 0 Å². The molecular formula is C13H21NO. The summed E-state index contributed by atoms with van der Waals surface area (Å²) in [7, 11) is 1.70. The van der Waals surface area contributed by atoms with Crippen LogP contribution >= 0.6 is 0 Å². The van der Waals surface area contributed by atoms with Crippen molar-refractivity contribution in [1.82, 2.24) is 0 Å². The highest BCUT2D eigenvalue weighted by Crippen LogP contribution is 2.24. The monoisotopic (exact) mass is 207 g/mol. The Morgan fingerprint density at radius 1 is 1.40 bits per heavy atom. The third-order valence-corrected chi connectivity index (χ3v) is 2.84. The van der Waals surface area contributed by atoms with Crippen LogP contribution in [0, 0.1) is 6.92 Å². The van der Waals surface area contributed by atoms with Crippen LogP contribution in [0.5, 0.6) is 5.75 Å². The van der Waals surface area contributed by atoms with E-state index < -0.39 is 0 Å². The van der Waals surface area contributed by atoms with E-state index in [1.54, 1.807) is 7.11 Å². The molecule has 0 bridgehead atoms. The number of nitrogens with two attached hydrogens (primary N) is 1. The summed E-state index contributed by atoms with van der Waals surface area (Å²) in [5.41, 5.74) is 8.46. The van der Waals surface area contributed by atoms with Crippen LogP contribution in [0.3, 0.4) is 0 Å². The Bertz CT molecular complexity index is 331. The Balaban J connectivity index is 2.97. The molecule has 0 saturated heterocycles. The predicted octanol–water partition coefficient (Wildman–Crippen LogP) is 2.67. The second-order valence-corrected chi connectivity index (χ2v) is 4.50. The Morgan fingerprint density at radius 3 is 2.60 bits per heavy atom. The van der Waals surface area contributed by atoms with Crippen molar-refractivity contribution in [2.24, 2.45) is 5.73 Å². The molecule has 0 radical (unpaired) electrons. The fourth-order valence-corrected chi connectivity index (χ4v) is 1.61. The quantitative estimate of drug-likeness (QED) is 0.823. The van der Waals surface area contributed by atoms with Crippen LogP contribution in [0.4, 0.5) is 0 Å². The number of hydrogen-bond acceptors (Lipinski definition) is 2. The fourth-order valence-electron chi connectivity index (χ4n) is 1.61. The molecule has 0 aliphatic heterocycles. The first-order valence-electron chi connectivity index (χ1n) is 5.41. The maximum Gasteiger partial charge on any atom is 0.122 e. The summed E-state index contributed by atoms with van der Waals surface area (Å²) >= 11 is 0. The minimum absolute atomic E-state index is 0.152. The van der Waals surface area contributed by atoms with Gasteiger partial charge < -0.3 is 10.5 Å². The van der Waals surface area contributed by atoms with Gasteiger partial charge in [-0.1, -0.05) is 24.6 Å².